The first-order valence-corrected chi connectivity index (χ1v) is 13.6. The molecule has 0 bridgehead atoms. The second-order valence-corrected chi connectivity index (χ2v) is 12.4. The summed E-state index contributed by atoms with van der Waals surface area (Å²) in [7, 11) is 3.72. The van der Waals surface area contributed by atoms with Crippen LogP contribution in [0.1, 0.15) is 87.8 Å². The van der Waals surface area contributed by atoms with Crippen molar-refractivity contribution >= 4 is 5.91 Å². The monoisotopic (exact) mass is 455 g/mol. The number of rotatable bonds is 5. The lowest BCUT2D eigenvalue weighted by Crippen LogP contribution is -2.51. The van der Waals surface area contributed by atoms with Crippen LogP contribution in [0.15, 0.2) is 6.07 Å². The number of carbonyl (C=O) groups is 1. The molecule has 9 atom stereocenters. The maximum Gasteiger partial charge on any atom is 0.269 e. The van der Waals surface area contributed by atoms with E-state index in [4.69, 9.17) is 4.74 Å². The summed E-state index contributed by atoms with van der Waals surface area (Å²) in [5.74, 6) is 6.02. The maximum absolute atomic E-state index is 13.0. The number of nitrogens with one attached hydrogen (secondary N) is 1. The van der Waals surface area contributed by atoms with Gasteiger partial charge in [-0.3, -0.25) is 9.48 Å². The first-order valence-electron chi connectivity index (χ1n) is 13.6. The normalized spacial score (nSPS) is 41.1. The third kappa shape index (κ3) is 4.06. The molecule has 0 aromatic carbocycles. The summed E-state index contributed by atoms with van der Waals surface area (Å²) >= 11 is 0. The number of ether oxygens (including phenoxy) is 1. The van der Waals surface area contributed by atoms with Gasteiger partial charge in [-0.25, -0.2) is 0 Å². The van der Waals surface area contributed by atoms with Crippen molar-refractivity contribution in [2.75, 3.05) is 13.7 Å². The average molecular weight is 456 g/mol. The topological polar surface area (TPSA) is 56.1 Å². The Balaban J connectivity index is 1.26. The molecule has 1 aromatic rings. The summed E-state index contributed by atoms with van der Waals surface area (Å²) in [4.78, 5) is 13.0. The van der Waals surface area contributed by atoms with Gasteiger partial charge in [0, 0.05) is 26.8 Å². The molecule has 1 N–H and O–H groups in total. The fraction of sp³-hybridized carbons (Fsp3) is 0.857. The molecule has 5 rings (SSSR count). The van der Waals surface area contributed by atoms with Gasteiger partial charge in [-0.2, -0.15) is 5.10 Å². The highest BCUT2D eigenvalue weighted by Crippen LogP contribution is 2.64. The quantitative estimate of drug-likeness (QED) is 0.649. The second kappa shape index (κ2) is 9.02. The second-order valence-electron chi connectivity index (χ2n) is 12.4. The van der Waals surface area contributed by atoms with Gasteiger partial charge in [-0.1, -0.05) is 6.92 Å². The molecule has 1 aromatic heterocycles. The lowest BCUT2D eigenvalue weighted by Gasteiger charge is -2.56. The maximum atomic E-state index is 13.0. The van der Waals surface area contributed by atoms with Gasteiger partial charge in [0.2, 0.25) is 0 Å². The van der Waals surface area contributed by atoms with Crippen LogP contribution in [-0.4, -0.2) is 35.4 Å². The molecule has 5 nitrogen and oxygen atoms in total. The molecule has 0 spiro atoms. The van der Waals surface area contributed by atoms with Gasteiger partial charge in [-0.15, -0.1) is 0 Å². The molecule has 33 heavy (non-hydrogen) atoms. The highest BCUT2D eigenvalue weighted by Gasteiger charge is 2.57. The van der Waals surface area contributed by atoms with Gasteiger partial charge in [0.15, 0.2) is 0 Å². The van der Waals surface area contributed by atoms with E-state index in [0.29, 0.717) is 17.0 Å². The number of amides is 1. The van der Waals surface area contributed by atoms with Crippen LogP contribution < -0.4 is 5.32 Å². The Kier molecular flexibility index (Phi) is 6.39. The summed E-state index contributed by atoms with van der Waals surface area (Å²) in [6.45, 7) is 7.73. The van der Waals surface area contributed by atoms with Gasteiger partial charge in [0.05, 0.1) is 5.69 Å². The summed E-state index contributed by atoms with van der Waals surface area (Å²) in [6, 6.07) is 2.10. The first kappa shape index (κ1) is 23.4. The Hall–Kier alpha value is -1.36. The van der Waals surface area contributed by atoms with Crippen molar-refractivity contribution in [2.45, 2.75) is 84.6 Å². The number of hydrogen-bond donors (Lipinski definition) is 1. The van der Waals surface area contributed by atoms with E-state index in [1.54, 1.807) is 4.68 Å². The predicted molar refractivity (Wildman–Crippen MR) is 131 cm³/mol. The van der Waals surface area contributed by atoms with E-state index < -0.39 is 0 Å². The van der Waals surface area contributed by atoms with Crippen LogP contribution in [0.3, 0.4) is 0 Å². The van der Waals surface area contributed by atoms with Gasteiger partial charge in [0.25, 0.3) is 5.91 Å². The van der Waals surface area contributed by atoms with Crippen LogP contribution in [0.4, 0.5) is 0 Å². The van der Waals surface area contributed by atoms with Crippen molar-refractivity contribution in [3.63, 3.8) is 0 Å². The van der Waals surface area contributed by atoms with Crippen LogP contribution in [0.5, 0.6) is 0 Å². The molecule has 1 heterocycles. The molecule has 4 saturated carbocycles. The zero-order valence-corrected chi connectivity index (χ0v) is 21.5. The Morgan fingerprint density at radius 3 is 2.70 bits per heavy atom. The van der Waals surface area contributed by atoms with Gasteiger partial charge < -0.3 is 10.1 Å². The van der Waals surface area contributed by atoms with E-state index >= 15 is 0 Å². The largest absolute Gasteiger partial charge is 0.384 e. The molecule has 4 aliphatic rings. The van der Waals surface area contributed by atoms with Gasteiger partial charge in [0.1, 0.15) is 5.69 Å². The number of nitrogens with zero attached hydrogens (tertiary/aromatic N) is 2. The van der Waals surface area contributed by atoms with Crippen molar-refractivity contribution in [3.8, 4) is 0 Å². The number of hydrogen-bond acceptors (Lipinski definition) is 3. The van der Waals surface area contributed by atoms with E-state index in [9.17, 15) is 4.79 Å². The van der Waals surface area contributed by atoms with Crippen molar-refractivity contribution in [1.82, 2.24) is 15.1 Å². The molecule has 5 heteroatoms. The van der Waals surface area contributed by atoms with E-state index in [1.165, 1.54) is 57.8 Å². The lowest BCUT2D eigenvalue weighted by molar-refractivity contribution is -0.0742. The molecule has 3 unspecified atom stereocenters. The van der Waals surface area contributed by atoms with Crippen LogP contribution in [0.25, 0.3) is 0 Å². The van der Waals surface area contributed by atoms with Crippen molar-refractivity contribution in [3.05, 3.63) is 17.5 Å². The SMILES string of the molecule is COC[C@H]1CC[C@@H]2C3CC[C@@]4(C)C(CCC4[C@H](C)NC(=O)c4cc(C)nn4C)[C@@H]3CC[C@@H]2C1. The van der Waals surface area contributed by atoms with Gasteiger partial charge >= 0.3 is 0 Å². The molecule has 4 fully saturated rings. The molecule has 4 aliphatic carbocycles. The fourth-order valence-electron chi connectivity index (χ4n) is 9.40. The number of aromatic nitrogens is 2. The highest BCUT2D eigenvalue weighted by molar-refractivity contribution is 5.92. The standard InChI is InChI=1S/C28H45N3O2/c1-17-14-26(31(4)30-17)27(32)29-18(2)24-10-11-25-23-9-7-20-15-19(16-33-5)6-8-21(20)22(23)12-13-28(24,25)3/h14,18-25H,6-13,15-16H2,1-5H3,(H,29,32)/t18-,19-,20+,21-,22?,23+,24?,25?,28+/m0/s1. The minimum atomic E-state index is 0.0275. The Morgan fingerprint density at radius 2 is 1.97 bits per heavy atom. The smallest absolute Gasteiger partial charge is 0.269 e. The number of methoxy groups -OCH3 is 1. The van der Waals surface area contributed by atoms with Crippen LogP contribution in [0, 0.1) is 53.8 Å². The van der Waals surface area contributed by atoms with Crippen molar-refractivity contribution in [1.29, 1.82) is 0 Å². The zero-order chi connectivity index (χ0) is 23.3. The zero-order valence-electron chi connectivity index (χ0n) is 21.5. The van der Waals surface area contributed by atoms with Crippen LogP contribution >= 0.6 is 0 Å². The summed E-state index contributed by atoms with van der Waals surface area (Å²) in [5.41, 5.74) is 1.94. The summed E-state index contributed by atoms with van der Waals surface area (Å²) in [5, 5.41) is 7.73. The third-order valence-electron chi connectivity index (χ3n) is 10.7. The molecule has 0 saturated heterocycles. The third-order valence-corrected chi connectivity index (χ3v) is 10.7. The predicted octanol–water partition coefficient (Wildman–Crippen LogP) is 5.38. The summed E-state index contributed by atoms with van der Waals surface area (Å²) < 4.78 is 7.21. The van der Waals surface area contributed by atoms with Crippen molar-refractivity contribution in [2.24, 2.45) is 53.9 Å². The number of aryl methyl sites for hydroxylation is 2. The fourth-order valence-corrected chi connectivity index (χ4v) is 9.40. The number of fused-ring (bicyclic) bond motifs is 5. The average Bonchev–Trinajstić information content (AvgIpc) is 3.31. The van der Waals surface area contributed by atoms with E-state index in [1.807, 2.05) is 27.1 Å². The number of carbonyl (C=O) groups excluding carboxylic acids is 1. The highest BCUT2D eigenvalue weighted by atomic mass is 16.5. The first-order chi connectivity index (χ1) is 15.8. The van der Waals surface area contributed by atoms with Crippen LogP contribution in [0.2, 0.25) is 0 Å². The summed E-state index contributed by atoms with van der Waals surface area (Å²) in [6.07, 6.45) is 12.5. The van der Waals surface area contributed by atoms with E-state index in [-0.39, 0.29) is 11.9 Å². The van der Waals surface area contributed by atoms with E-state index in [0.717, 1.165) is 47.8 Å². The van der Waals surface area contributed by atoms with Crippen LogP contribution in [-0.2, 0) is 11.8 Å². The molecule has 184 valence electrons. The van der Waals surface area contributed by atoms with E-state index in [2.05, 4.69) is 24.3 Å². The Bertz CT molecular complexity index is 865. The Labute approximate surface area is 200 Å². The van der Waals surface area contributed by atoms with Crippen molar-refractivity contribution < 1.29 is 9.53 Å². The lowest BCUT2D eigenvalue weighted by atomic mass is 9.49. The Morgan fingerprint density at radius 1 is 1.18 bits per heavy atom. The molecule has 0 aliphatic heterocycles. The minimum absolute atomic E-state index is 0.0275. The molecule has 0 radical (unpaired) electrons. The van der Waals surface area contributed by atoms with Gasteiger partial charge in [-0.05, 0) is 125 Å². The molecular weight excluding hydrogens is 410 g/mol. The molecular formula is C28H45N3O2. The molecule has 1 amide bonds. The minimum Gasteiger partial charge on any atom is -0.384 e.